The van der Waals surface area contributed by atoms with Gasteiger partial charge in [0.2, 0.25) is 0 Å². The molecule has 1 unspecified atom stereocenters. The highest BCUT2D eigenvalue weighted by Gasteiger charge is 2.23. The molecular formula is C23H38N4O4. The van der Waals surface area contributed by atoms with Crippen molar-refractivity contribution in [2.24, 2.45) is 0 Å². The van der Waals surface area contributed by atoms with Gasteiger partial charge >= 0.3 is 5.97 Å². The molecule has 1 aromatic carbocycles. The first kappa shape index (κ1) is 25.4. The number of aliphatic carboxylic acids is 1. The van der Waals surface area contributed by atoms with Gasteiger partial charge in [-0.15, -0.1) is 0 Å². The second kappa shape index (κ2) is 13.5. The van der Waals surface area contributed by atoms with Crippen LogP contribution in [0.1, 0.15) is 18.1 Å². The number of aryl methyl sites for hydroxylation is 1. The molecule has 0 amide bonds. The summed E-state index contributed by atoms with van der Waals surface area (Å²) < 4.78 is 0. The zero-order chi connectivity index (χ0) is 22.6. The zero-order valence-corrected chi connectivity index (χ0v) is 18.9. The predicted octanol–water partition coefficient (Wildman–Crippen LogP) is 0.381. The Labute approximate surface area is 186 Å². The van der Waals surface area contributed by atoms with Crippen molar-refractivity contribution in [2.75, 3.05) is 72.2 Å². The normalized spacial score (nSPS) is 21.3. The lowest BCUT2D eigenvalue weighted by Gasteiger charge is -2.37. The van der Waals surface area contributed by atoms with Gasteiger partial charge in [-0.1, -0.05) is 36.8 Å². The van der Waals surface area contributed by atoms with Gasteiger partial charge in [-0.2, -0.15) is 0 Å². The monoisotopic (exact) mass is 434 g/mol. The zero-order valence-electron chi connectivity index (χ0n) is 18.9. The van der Waals surface area contributed by atoms with Crippen LogP contribution in [0.3, 0.4) is 0 Å². The number of aliphatic hydroxyl groups is 1. The van der Waals surface area contributed by atoms with E-state index in [1.165, 1.54) is 11.1 Å². The Kier molecular flexibility index (Phi) is 11.1. The largest absolute Gasteiger partial charge is 0.480 e. The summed E-state index contributed by atoms with van der Waals surface area (Å²) in [5.74, 6) is -0.833. The number of likely N-dealkylation sites (N-methyl/N-ethyl adjacent to an activating group) is 1. The third-order valence-electron chi connectivity index (χ3n) is 6.07. The van der Waals surface area contributed by atoms with E-state index in [2.05, 4.69) is 47.9 Å². The molecule has 0 aliphatic carbocycles. The Morgan fingerprint density at radius 2 is 1.65 bits per heavy atom. The fraction of sp³-hybridized carbons (Fsp3) is 0.652. The Balaban J connectivity index is 2.21. The number of aliphatic hydroxyl groups excluding tert-OH is 1. The van der Waals surface area contributed by atoms with Crippen molar-refractivity contribution >= 4 is 12.3 Å². The number of carboxylic acids is 1. The SMILES string of the molecule is CCN1CCN(CC(=O)O)CCN(CC=O)CCN(CO)C(Cc2ccc(C)cc2)C1. The minimum Gasteiger partial charge on any atom is -0.480 e. The summed E-state index contributed by atoms with van der Waals surface area (Å²) in [6.07, 6.45) is 1.71. The average Bonchev–Trinajstić information content (AvgIpc) is 2.74. The van der Waals surface area contributed by atoms with E-state index in [1.807, 2.05) is 9.80 Å². The first-order valence-electron chi connectivity index (χ1n) is 11.2. The molecule has 1 aliphatic heterocycles. The fourth-order valence-corrected chi connectivity index (χ4v) is 4.05. The van der Waals surface area contributed by atoms with E-state index in [0.717, 1.165) is 32.3 Å². The van der Waals surface area contributed by atoms with E-state index in [4.69, 9.17) is 0 Å². The molecule has 174 valence electrons. The number of hydrogen-bond donors (Lipinski definition) is 2. The molecule has 1 fully saturated rings. The number of hydrogen-bond acceptors (Lipinski definition) is 7. The van der Waals surface area contributed by atoms with Crippen LogP contribution in [-0.2, 0) is 16.0 Å². The first-order valence-corrected chi connectivity index (χ1v) is 11.2. The molecule has 1 saturated heterocycles. The van der Waals surface area contributed by atoms with Gasteiger partial charge in [0.1, 0.15) is 6.29 Å². The van der Waals surface area contributed by atoms with Crippen LogP contribution in [0.2, 0.25) is 0 Å². The summed E-state index contributed by atoms with van der Waals surface area (Å²) >= 11 is 0. The smallest absolute Gasteiger partial charge is 0.317 e. The second-order valence-corrected chi connectivity index (χ2v) is 8.33. The lowest BCUT2D eigenvalue weighted by Crippen LogP contribution is -2.51. The number of nitrogens with zero attached hydrogens (tertiary/aromatic N) is 4. The van der Waals surface area contributed by atoms with Crippen molar-refractivity contribution in [3.8, 4) is 0 Å². The molecule has 0 bridgehead atoms. The lowest BCUT2D eigenvalue weighted by atomic mass is 10.0. The Morgan fingerprint density at radius 1 is 1.03 bits per heavy atom. The maximum atomic E-state index is 11.3. The molecule has 1 heterocycles. The fourth-order valence-electron chi connectivity index (χ4n) is 4.05. The van der Waals surface area contributed by atoms with Crippen molar-refractivity contribution in [3.63, 3.8) is 0 Å². The van der Waals surface area contributed by atoms with E-state index < -0.39 is 5.97 Å². The minimum atomic E-state index is -0.833. The molecule has 31 heavy (non-hydrogen) atoms. The lowest BCUT2D eigenvalue weighted by molar-refractivity contribution is -0.138. The van der Waals surface area contributed by atoms with Gasteiger partial charge < -0.3 is 19.9 Å². The predicted molar refractivity (Wildman–Crippen MR) is 121 cm³/mol. The topological polar surface area (TPSA) is 87.6 Å². The molecule has 0 spiro atoms. The average molecular weight is 435 g/mol. The van der Waals surface area contributed by atoms with Crippen molar-refractivity contribution in [1.29, 1.82) is 0 Å². The molecule has 1 aliphatic rings. The molecule has 0 radical (unpaired) electrons. The van der Waals surface area contributed by atoms with Gasteiger partial charge in [0.25, 0.3) is 0 Å². The summed E-state index contributed by atoms with van der Waals surface area (Å²) in [6.45, 7) is 10.1. The summed E-state index contributed by atoms with van der Waals surface area (Å²) in [5.41, 5.74) is 2.45. The van der Waals surface area contributed by atoms with Crippen molar-refractivity contribution < 1.29 is 19.8 Å². The van der Waals surface area contributed by atoms with Crippen molar-refractivity contribution in [1.82, 2.24) is 19.6 Å². The van der Waals surface area contributed by atoms with Crippen molar-refractivity contribution in [3.05, 3.63) is 35.4 Å². The van der Waals surface area contributed by atoms with Crippen LogP contribution in [0.15, 0.2) is 24.3 Å². The summed E-state index contributed by atoms with van der Waals surface area (Å²) in [7, 11) is 0. The maximum absolute atomic E-state index is 11.3. The highest BCUT2D eigenvalue weighted by atomic mass is 16.4. The van der Waals surface area contributed by atoms with E-state index in [0.29, 0.717) is 39.3 Å². The molecule has 1 atom stereocenters. The Bertz CT molecular complexity index is 670. The van der Waals surface area contributed by atoms with Gasteiger partial charge in [0, 0.05) is 51.9 Å². The summed E-state index contributed by atoms with van der Waals surface area (Å²) in [5, 5.41) is 19.4. The minimum absolute atomic E-state index is 0.00203. The van der Waals surface area contributed by atoms with Crippen LogP contribution in [0.5, 0.6) is 0 Å². The molecule has 0 aromatic heterocycles. The number of carboxylic acid groups (broad SMARTS) is 1. The maximum Gasteiger partial charge on any atom is 0.317 e. The van der Waals surface area contributed by atoms with Gasteiger partial charge in [-0.05, 0) is 25.5 Å². The van der Waals surface area contributed by atoms with Crippen LogP contribution < -0.4 is 0 Å². The van der Waals surface area contributed by atoms with Gasteiger partial charge in [-0.25, -0.2) is 0 Å². The van der Waals surface area contributed by atoms with Gasteiger partial charge in [-0.3, -0.25) is 19.5 Å². The Morgan fingerprint density at radius 3 is 2.23 bits per heavy atom. The van der Waals surface area contributed by atoms with Gasteiger partial charge in [0.05, 0.1) is 19.8 Å². The number of carbonyl (C=O) groups is 2. The molecule has 8 heteroatoms. The molecule has 1 aromatic rings. The highest BCUT2D eigenvalue weighted by molar-refractivity contribution is 5.69. The number of aldehydes is 1. The Hall–Kier alpha value is -1.84. The van der Waals surface area contributed by atoms with E-state index in [-0.39, 0.29) is 19.3 Å². The van der Waals surface area contributed by atoms with E-state index in [1.54, 1.807) is 0 Å². The van der Waals surface area contributed by atoms with Crippen LogP contribution in [0.4, 0.5) is 0 Å². The van der Waals surface area contributed by atoms with Crippen LogP contribution in [0, 0.1) is 6.92 Å². The standard InChI is InChI=1S/C23H38N4O4/c1-3-24-8-10-26(18-23(30)31)11-9-25(14-15-28)12-13-27(19-29)22(17-24)16-21-6-4-20(2)5-7-21/h4-7,15,22,29H,3,8-14,16-19H2,1-2H3,(H,30,31). The van der Waals surface area contributed by atoms with Gasteiger partial charge in [0.15, 0.2) is 0 Å². The second-order valence-electron chi connectivity index (χ2n) is 8.33. The number of rotatable bonds is 8. The van der Waals surface area contributed by atoms with E-state index >= 15 is 0 Å². The third kappa shape index (κ3) is 9.04. The van der Waals surface area contributed by atoms with Crippen molar-refractivity contribution in [2.45, 2.75) is 26.3 Å². The molecular weight excluding hydrogens is 396 g/mol. The molecule has 2 rings (SSSR count). The first-order chi connectivity index (χ1) is 14.9. The molecule has 8 nitrogen and oxygen atoms in total. The summed E-state index contributed by atoms with van der Waals surface area (Å²) in [6, 6.07) is 8.63. The van der Waals surface area contributed by atoms with Crippen LogP contribution in [-0.4, -0.2) is 120 Å². The highest BCUT2D eigenvalue weighted by Crippen LogP contribution is 2.13. The quantitative estimate of drug-likeness (QED) is 0.568. The summed E-state index contributed by atoms with van der Waals surface area (Å²) in [4.78, 5) is 30.9. The molecule has 0 saturated carbocycles. The van der Waals surface area contributed by atoms with Crippen LogP contribution in [0.25, 0.3) is 0 Å². The number of benzene rings is 1. The van der Waals surface area contributed by atoms with Crippen LogP contribution >= 0.6 is 0 Å². The third-order valence-corrected chi connectivity index (χ3v) is 6.07. The molecule has 2 N–H and O–H groups in total. The number of carbonyl (C=O) groups excluding carboxylic acids is 1. The van der Waals surface area contributed by atoms with E-state index in [9.17, 15) is 19.8 Å².